The van der Waals surface area contributed by atoms with E-state index in [1.807, 2.05) is 4.90 Å². The van der Waals surface area contributed by atoms with Crippen LogP contribution in [0, 0.1) is 5.41 Å². The Morgan fingerprint density at radius 2 is 2.29 bits per heavy atom. The molecule has 5 heteroatoms. The fourth-order valence-electron chi connectivity index (χ4n) is 2.42. The predicted molar refractivity (Wildman–Crippen MR) is 57.4 cm³/mol. The Bertz CT molecular complexity index is 216. The molecular weight excluding hydrogens is 202 g/mol. The molecule has 1 amide bonds. The number of carbonyl (C=O) groups excluding carboxylic acids is 1. The van der Waals surface area contributed by atoms with E-state index in [0.29, 0.717) is 5.41 Å². The predicted octanol–water partition coefficient (Wildman–Crippen LogP) is -0.421. The highest BCUT2D eigenvalue weighted by atomic mass is 35.5. The van der Waals surface area contributed by atoms with Gasteiger partial charge in [0.05, 0.1) is 6.54 Å². The van der Waals surface area contributed by atoms with Crippen LogP contribution in [-0.4, -0.2) is 43.5 Å². The molecule has 0 saturated carbocycles. The maximum atomic E-state index is 11.3. The summed E-state index contributed by atoms with van der Waals surface area (Å²) >= 11 is 0. The van der Waals surface area contributed by atoms with Crippen LogP contribution in [0.1, 0.15) is 12.8 Å². The van der Waals surface area contributed by atoms with Crippen LogP contribution < -0.4 is 11.1 Å². The Morgan fingerprint density at radius 1 is 1.50 bits per heavy atom. The molecule has 1 spiro atoms. The summed E-state index contributed by atoms with van der Waals surface area (Å²) in [6.07, 6.45) is 2.35. The van der Waals surface area contributed by atoms with Gasteiger partial charge in [0.25, 0.3) is 0 Å². The van der Waals surface area contributed by atoms with Crippen molar-refractivity contribution in [3.8, 4) is 0 Å². The molecular formula is C9H18ClN3O. The van der Waals surface area contributed by atoms with Gasteiger partial charge < -0.3 is 16.0 Å². The lowest BCUT2D eigenvalue weighted by molar-refractivity contribution is -0.129. The van der Waals surface area contributed by atoms with Gasteiger partial charge >= 0.3 is 0 Å². The monoisotopic (exact) mass is 219 g/mol. The topological polar surface area (TPSA) is 58.4 Å². The molecule has 0 aromatic rings. The lowest BCUT2D eigenvalue weighted by Gasteiger charge is -2.22. The average molecular weight is 220 g/mol. The van der Waals surface area contributed by atoms with Crippen molar-refractivity contribution in [2.75, 3.05) is 32.7 Å². The van der Waals surface area contributed by atoms with Gasteiger partial charge in [-0.15, -0.1) is 12.4 Å². The third kappa shape index (κ3) is 2.02. The van der Waals surface area contributed by atoms with Gasteiger partial charge in [0, 0.05) is 25.0 Å². The molecule has 82 valence electrons. The molecule has 1 unspecified atom stereocenters. The number of amides is 1. The first-order valence-corrected chi connectivity index (χ1v) is 4.94. The molecule has 4 nitrogen and oxygen atoms in total. The standard InChI is InChI=1S/C9H17N3O.ClH/c10-5-8(13)12-4-2-9(7-12)1-3-11-6-9;/h11H,1-7,10H2;1H. The molecule has 0 aromatic carbocycles. The van der Waals surface area contributed by atoms with Crippen LogP contribution in [0.15, 0.2) is 0 Å². The molecule has 3 N–H and O–H groups in total. The molecule has 0 aliphatic carbocycles. The van der Waals surface area contributed by atoms with Crippen molar-refractivity contribution < 1.29 is 4.79 Å². The molecule has 2 heterocycles. The van der Waals surface area contributed by atoms with Gasteiger partial charge in [-0.05, 0) is 19.4 Å². The Balaban J connectivity index is 0.000000980. The molecule has 2 rings (SSSR count). The molecule has 0 bridgehead atoms. The van der Waals surface area contributed by atoms with Crippen LogP contribution in [0.4, 0.5) is 0 Å². The van der Waals surface area contributed by atoms with Crippen LogP contribution in [0.2, 0.25) is 0 Å². The van der Waals surface area contributed by atoms with E-state index in [9.17, 15) is 4.79 Å². The Morgan fingerprint density at radius 3 is 2.86 bits per heavy atom. The molecule has 2 aliphatic heterocycles. The van der Waals surface area contributed by atoms with E-state index in [1.54, 1.807) is 0 Å². The first-order chi connectivity index (χ1) is 6.26. The van der Waals surface area contributed by atoms with Crippen molar-refractivity contribution in [3.05, 3.63) is 0 Å². The summed E-state index contributed by atoms with van der Waals surface area (Å²) in [5, 5.41) is 3.36. The number of carbonyl (C=O) groups is 1. The number of rotatable bonds is 1. The number of likely N-dealkylation sites (tertiary alicyclic amines) is 1. The van der Waals surface area contributed by atoms with Crippen LogP contribution in [0.5, 0.6) is 0 Å². The van der Waals surface area contributed by atoms with E-state index in [2.05, 4.69) is 5.32 Å². The highest BCUT2D eigenvalue weighted by molar-refractivity contribution is 5.85. The Kier molecular flexibility index (Phi) is 3.75. The number of nitrogens with two attached hydrogens (primary N) is 1. The van der Waals surface area contributed by atoms with Crippen molar-refractivity contribution in [3.63, 3.8) is 0 Å². The lowest BCUT2D eigenvalue weighted by atomic mass is 9.87. The third-order valence-corrected chi connectivity index (χ3v) is 3.30. The summed E-state index contributed by atoms with van der Waals surface area (Å²) < 4.78 is 0. The number of nitrogens with zero attached hydrogens (tertiary/aromatic N) is 1. The van der Waals surface area contributed by atoms with Gasteiger partial charge in [0.2, 0.25) is 5.91 Å². The minimum atomic E-state index is 0. The molecule has 2 fully saturated rings. The SMILES string of the molecule is Cl.NCC(=O)N1CCC2(CCNC2)C1. The lowest BCUT2D eigenvalue weighted by Crippen LogP contribution is -2.36. The molecule has 2 saturated heterocycles. The van der Waals surface area contributed by atoms with E-state index in [1.165, 1.54) is 6.42 Å². The smallest absolute Gasteiger partial charge is 0.236 e. The van der Waals surface area contributed by atoms with Gasteiger partial charge in [0.15, 0.2) is 0 Å². The van der Waals surface area contributed by atoms with Crippen molar-refractivity contribution in [1.82, 2.24) is 10.2 Å². The summed E-state index contributed by atoms with van der Waals surface area (Å²) in [5.74, 6) is 0.101. The van der Waals surface area contributed by atoms with Crippen molar-refractivity contribution in [1.29, 1.82) is 0 Å². The number of hydrogen-bond donors (Lipinski definition) is 2. The van der Waals surface area contributed by atoms with Gasteiger partial charge in [-0.3, -0.25) is 4.79 Å². The molecule has 1 atom stereocenters. The first-order valence-electron chi connectivity index (χ1n) is 4.94. The van der Waals surface area contributed by atoms with Gasteiger partial charge in [0.1, 0.15) is 0 Å². The summed E-state index contributed by atoms with van der Waals surface area (Å²) in [6.45, 7) is 4.14. The van der Waals surface area contributed by atoms with Crippen molar-refractivity contribution in [2.24, 2.45) is 11.1 Å². The van der Waals surface area contributed by atoms with Crippen LogP contribution in [0.3, 0.4) is 0 Å². The minimum absolute atomic E-state index is 0. The molecule has 2 aliphatic rings. The third-order valence-electron chi connectivity index (χ3n) is 3.30. The van der Waals surface area contributed by atoms with E-state index in [-0.39, 0.29) is 24.9 Å². The van der Waals surface area contributed by atoms with Crippen molar-refractivity contribution >= 4 is 18.3 Å². The molecule has 0 radical (unpaired) electrons. The van der Waals surface area contributed by atoms with Gasteiger partial charge in [-0.2, -0.15) is 0 Å². The maximum Gasteiger partial charge on any atom is 0.236 e. The number of halogens is 1. The fraction of sp³-hybridized carbons (Fsp3) is 0.889. The Labute approximate surface area is 90.6 Å². The second-order valence-corrected chi connectivity index (χ2v) is 4.20. The number of hydrogen-bond acceptors (Lipinski definition) is 3. The maximum absolute atomic E-state index is 11.3. The van der Waals surface area contributed by atoms with E-state index >= 15 is 0 Å². The first kappa shape index (κ1) is 11.8. The normalized spacial score (nSPS) is 30.8. The minimum Gasteiger partial charge on any atom is -0.341 e. The van der Waals surface area contributed by atoms with E-state index < -0.39 is 0 Å². The summed E-state index contributed by atoms with van der Waals surface area (Å²) in [7, 11) is 0. The van der Waals surface area contributed by atoms with E-state index in [4.69, 9.17) is 5.73 Å². The quantitative estimate of drug-likeness (QED) is 0.630. The van der Waals surface area contributed by atoms with Crippen LogP contribution >= 0.6 is 12.4 Å². The summed E-state index contributed by atoms with van der Waals surface area (Å²) in [4.78, 5) is 13.2. The highest BCUT2D eigenvalue weighted by Gasteiger charge is 2.41. The van der Waals surface area contributed by atoms with Crippen molar-refractivity contribution in [2.45, 2.75) is 12.8 Å². The molecule has 0 aromatic heterocycles. The molecule has 14 heavy (non-hydrogen) atoms. The second-order valence-electron chi connectivity index (χ2n) is 4.20. The van der Waals surface area contributed by atoms with Crippen LogP contribution in [-0.2, 0) is 4.79 Å². The fourth-order valence-corrected chi connectivity index (χ4v) is 2.42. The zero-order valence-electron chi connectivity index (χ0n) is 8.29. The number of nitrogens with one attached hydrogen (secondary N) is 1. The summed E-state index contributed by atoms with van der Waals surface area (Å²) in [6, 6.07) is 0. The summed E-state index contributed by atoms with van der Waals surface area (Å²) in [5.41, 5.74) is 5.71. The Hall–Kier alpha value is -0.320. The second kappa shape index (κ2) is 4.47. The zero-order valence-corrected chi connectivity index (χ0v) is 9.11. The average Bonchev–Trinajstić information content (AvgIpc) is 2.76. The van der Waals surface area contributed by atoms with E-state index in [0.717, 1.165) is 32.6 Å². The van der Waals surface area contributed by atoms with Crippen LogP contribution in [0.25, 0.3) is 0 Å². The zero-order chi connectivity index (χ0) is 9.31. The van der Waals surface area contributed by atoms with Gasteiger partial charge in [-0.1, -0.05) is 0 Å². The van der Waals surface area contributed by atoms with Gasteiger partial charge in [-0.25, -0.2) is 0 Å². The largest absolute Gasteiger partial charge is 0.341 e. The highest BCUT2D eigenvalue weighted by Crippen LogP contribution is 2.35.